The summed E-state index contributed by atoms with van der Waals surface area (Å²) in [6.07, 6.45) is 1.10. The van der Waals surface area contributed by atoms with Crippen molar-refractivity contribution in [2.75, 3.05) is 6.54 Å². The number of nitrogens with one attached hydrogen (secondary N) is 1. The van der Waals surface area contributed by atoms with E-state index in [0.29, 0.717) is 6.04 Å². The van der Waals surface area contributed by atoms with Gasteiger partial charge in [0.2, 0.25) is 0 Å². The third-order valence-electron chi connectivity index (χ3n) is 3.95. The molecule has 0 aliphatic rings. The van der Waals surface area contributed by atoms with Gasteiger partial charge >= 0.3 is 0 Å². The Morgan fingerprint density at radius 2 is 2.00 bits per heavy atom. The van der Waals surface area contributed by atoms with E-state index in [1.54, 1.807) is 0 Å². The molecule has 20 heavy (non-hydrogen) atoms. The lowest BCUT2D eigenvalue weighted by atomic mass is 9.97. The first-order valence-electron chi connectivity index (χ1n) is 7.42. The number of rotatable bonds is 5. The summed E-state index contributed by atoms with van der Waals surface area (Å²) in [5.74, 6) is 0. The van der Waals surface area contributed by atoms with Crippen molar-refractivity contribution in [1.82, 2.24) is 15.1 Å². The molecule has 0 fully saturated rings. The van der Waals surface area contributed by atoms with E-state index in [0.717, 1.165) is 18.7 Å². The topological polar surface area (TPSA) is 29.9 Å². The van der Waals surface area contributed by atoms with Crippen LogP contribution in [-0.4, -0.2) is 16.3 Å². The van der Waals surface area contributed by atoms with Crippen molar-refractivity contribution in [3.05, 3.63) is 41.2 Å². The Morgan fingerprint density at radius 1 is 1.25 bits per heavy atom. The summed E-state index contributed by atoms with van der Waals surface area (Å²) in [6, 6.07) is 9.27. The van der Waals surface area contributed by atoms with Gasteiger partial charge in [-0.2, -0.15) is 5.10 Å². The number of benzene rings is 1. The first kappa shape index (κ1) is 14.8. The molecular formula is C17H25N3. The summed E-state index contributed by atoms with van der Waals surface area (Å²) in [6.45, 7) is 9.58. The van der Waals surface area contributed by atoms with Gasteiger partial charge in [0.1, 0.15) is 0 Å². The minimum atomic E-state index is 0.428. The van der Waals surface area contributed by atoms with Gasteiger partial charge in [0, 0.05) is 24.3 Å². The second-order valence-electron chi connectivity index (χ2n) is 5.31. The fraction of sp³-hybridized carbons (Fsp3) is 0.471. The fourth-order valence-corrected chi connectivity index (χ4v) is 2.85. The van der Waals surface area contributed by atoms with Crippen LogP contribution in [0.3, 0.4) is 0 Å². The predicted octanol–water partition coefficient (Wildman–Crippen LogP) is 3.76. The highest BCUT2D eigenvalue weighted by Crippen LogP contribution is 2.29. The molecule has 1 heterocycles. The lowest BCUT2D eigenvalue weighted by Crippen LogP contribution is -2.19. The SMILES string of the molecule is CCNC(CC)c1cccc(-c2c(C)nn(C)c2C)c1. The van der Waals surface area contributed by atoms with Crippen molar-refractivity contribution in [3.8, 4) is 11.1 Å². The van der Waals surface area contributed by atoms with Crippen molar-refractivity contribution in [1.29, 1.82) is 0 Å². The van der Waals surface area contributed by atoms with Crippen molar-refractivity contribution in [2.45, 2.75) is 40.2 Å². The van der Waals surface area contributed by atoms with Gasteiger partial charge < -0.3 is 5.32 Å². The molecule has 0 aliphatic carbocycles. The minimum Gasteiger partial charge on any atom is -0.310 e. The summed E-state index contributed by atoms with van der Waals surface area (Å²) in [4.78, 5) is 0. The second-order valence-corrected chi connectivity index (χ2v) is 5.31. The third kappa shape index (κ3) is 2.78. The molecule has 0 saturated carbocycles. The van der Waals surface area contributed by atoms with Crippen LogP contribution in [0.15, 0.2) is 24.3 Å². The van der Waals surface area contributed by atoms with Crippen LogP contribution in [0, 0.1) is 13.8 Å². The van der Waals surface area contributed by atoms with Gasteiger partial charge in [0.25, 0.3) is 0 Å². The molecule has 0 radical (unpaired) electrons. The number of hydrogen-bond acceptors (Lipinski definition) is 2. The van der Waals surface area contributed by atoms with E-state index < -0.39 is 0 Å². The van der Waals surface area contributed by atoms with Gasteiger partial charge in [-0.3, -0.25) is 4.68 Å². The zero-order chi connectivity index (χ0) is 14.7. The van der Waals surface area contributed by atoms with Crippen LogP contribution in [0.5, 0.6) is 0 Å². The maximum atomic E-state index is 4.52. The standard InChI is InChI=1S/C17H25N3/c1-6-16(18-7-2)14-9-8-10-15(11-14)17-12(3)19-20(5)13(17)4/h8-11,16,18H,6-7H2,1-5H3. The van der Waals surface area contributed by atoms with Gasteiger partial charge in [0.05, 0.1) is 5.69 Å². The second kappa shape index (κ2) is 6.23. The van der Waals surface area contributed by atoms with Gasteiger partial charge in [-0.1, -0.05) is 32.0 Å². The Balaban J connectivity index is 2.44. The summed E-state index contributed by atoms with van der Waals surface area (Å²) in [5.41, 5.74) is 6.20. The molecule has 0 bridgehead atoms. The summed E-state index contributed by atoms with van der Waals surface area (Å²) >= 11 is 0. The monoisotopic (exact) mass is 271 g/mol. The molecule has 2 rings (SSSR count). The van der Waals surface area contributed by atoms with Crippen LogP contribution in [0.25, 0.3) is 11.1 Å². The average Bonchev–Trinajstić information content (AvgIpc) is 2.69. The molecule has 1 unspecified atom stereocenters. The quantitative estimate of drug-likeness (QED) is 0.897. The van der Waals surface area contributed by atoms with Gasteiger partial charge in [0.15, 0.2) is 0 Å². The molecule has 0 spiro atoms. The largest absolute Gasteiger partial charge is 0.310 e. The van der Waals surface area contributed by atoms with E-state index >= 15 is 0 Å². The van der Waals surface area contributed by atoms with E-state index in [9.17, 15) is 0 Å². The smallest absolute Gasteiger partial charge is 0.0674 e. The Labute approximate surface area is 122 Å². The molecule has 1 atom stereocenters. The van der Waals surface area contributed by atoms with E-state index in [1.165, 1.54) is 22.4 Å². The Morgan fingerprint density at radius 3 is 2.55 bits per heavy atom. The molecule has 0 aliphatic heterocycles. The van der Waals surface area contributed by atoms with Gasteiger partial charge in [-0.05, 0) is 44.0 Å². The summed E-state index contributed by atoms with van der Waals surface area (Å²) in [5, 5.41) is 8.06. The van der Waals surface area contributed by atoms with Crippen LogP contribution in [0.1, 0.15) is 43.3 Å². The highest BCUT2D eigenvalue weighted by atomic mass is 15.3. The first-order valence-corrected chi connectivity index (χ1v) is 7.42. The Kier molecular flexibility index (Phi) is 4.61. The summed E-state index contributed by atoms with van der Waals surface area (Å²) in [7, 11) is 2.00. The minimum absolute atomic E-state index is 0.428. The van der Waals surface area contributed by atoms with Crippen LogP contribution in [0.4, 0.5) is 0 Å². The lowest BCUT2D eigenvalue weighted by Gasteiger charge is -2.17. The molecular weight excluding hydrogens is 246 g/mol. The van der Waals surface area contributed by atoms with Gasteiger partial charge in [-0.15, -0.1) is 0 Å². The van der Waals surface area contributed by atoms with Crippen molar-refractivity contribution in [2.24, 2.45) is 7.05 Å². The number of aromatic nitrogens is 2. The zero-order valence-corrected chi connectivity index (χ0v) is 13.2. The maximum Gasteiger partial charge on any atom is 0.0674 e. The maximum absolute atomic E-state index is 4.52. The lowest BCUT2D eigenvalue weighted by molar-refractivity contribution is 0.537. The Bertz CT molecular complexity index is 584. The van der Waals surface area contributed by atoms with Crippen molar-refractivity contribution in [3.63, 3.8) is 0 Å². The molecule has 0 amide bonds. The zero-order valence-electron chi connectivity index (χ0n) is 13.2. The highest BCUT2D eigenvalue weighted by molar-refractivity contribution is 5.69. The first-order chi connectivity index (χ1) is 9.58. The third-order valence-corrected chi connectivity index (χ3v) is 3.95. The molecule has 0 saturated heterocycles. The van der Waals surface area contributed by atoms with E-state index in [4.69, 9.17) is 0 Å². The van der Waals surface area contributed by atoms with Crippen LogP contribution in [0.2, 0.25) is 0 Å². The van der Waals surface area contributed by atoms with Crippen LogP contribution >= 0.6 is 0 Å². The molecule has 1 N–H and O–H groups in total. The predicted molar refractivity (Wildman–Crippen MR) is 84.8 cm³/mol. The summed E-state index contributed by atoms with van der Waals surface area (Å²) < 4.78 is 1.96. The molecule has 2 aromatic rings. The Hall–Kier alpha value is -1.61. The van der Waals surface area contributed by atoms with E-state index in [1.807, 2.05) is 11.7 Å². The number of nitrogens with zero attached hydrogens (tertiary/aromatic N) is 2. The van der Waals surface area contributed by atoms with E-state index in [-0.39, 0.29) is 0 Å². The molecule has 108 valence electrons. The molecule has 1 aromatic heterocycles. The average molecular weight is 271 g/mol. The van der Waals surface area contributed by atoms with Crippen LogP contribution in [-0.2, 0) is 7.05 Å². The fourth-order valence-electron chi connectivity index (χ4n) is 2.85. The molecule has 3 heteroatoms. The van der Waals surface area contributed by atoms with Crippen LogP contribution < -0.4 is 5.32 Å². The van der Waals surface area contributed by atoms with Crippen molar-refractivity contribution >= 4 is 0 Å². The number of hydrogen-bond donors (Lipinski definition) is 1. The van der Waals surface area contributed by atoms with E-state index in [2.05, 4.69) is 62.4 Å². The number of aryl methyl sites for hydroxylation is 2. The molecule has 3 nitrogen and oxygen atoms in total. The van der Waals surface area contributed by atoms with Gasteiger partial charge in [-0.25, -0.2) is 0 Å². The van der Waals surface area contributed by atoms with Crippen molar-refractivity contribution < 1.29 is 0 Å². The molecule has 1 aromatic carbocycles. The highest BCUT2D eigenvalue weighted by Gasteiger charge is 2.14. The normalized spacial score (nSPS) is 12.7.